The summed E-state index contributed by atoms with van der Waals surface area (Å²) in [5.41, 5.74) is -0.271. The number of amides is 3. The van der Waals surface area contributed by atoms with Crippen LogP contribution in [0.1, 0.15) is 67.9 Å². The predicted octanol–water partition coefficient (Wildman–Crippen LogP) is 3.85. The molecule has 4 rings (SSSR count). The molecule has 41 heavy (non-hydrogen) atoms. The molecule has 2 aromatic carbocycles. The molecule has 3 amide bonds. The predicted molar refractivity (Wildman–Crippen MR) is 150 cm³/mol. The van der Waals surface area contributed by atoms with Crippen LogP contribution < -0.4 is 5.32 Å². The van der Waals surface area contributed by atoms with Crippen molar-refractivity contribution >= 4 is 17.7 Å². The third-order valence-electron chi connectivity index (χ3n) is 8.88. The van der Waals surface area contributed by atoms with E-state index in [1.54, 1.807) is 31.2 Å². The Morgan fingerprint density at radius 3 is 2.41 bits per heavy atom. The van der Waals surface area contributed by atoms with Crippen molar-refractivity contribution in [3.05, 3.63) is 65.2 Å². The average molecular weight is 572 g/mol. The zero-order valence-electron chi connectivity index (χ0n) is 24.1. The molecule has 0 aromatic heterocycles. The number of nitrogens with one attached hydrogen (secondary N) is 1. The van der Waals surface area contributed by atoms with E-state index in [1.165, 1.54) is 32.0 Å². The van der Waals surface area contributed by atoms with Crippen LogP contribution in [0.15, 0.2) is 48.5 Å². The van der Waals surface area contributed by atoms with Gasteiger partial charge in [0.25, 0.3) is 17.7 Å². The maximum atomic E-state index is 15.5. The first kappa shape index (κ1) is 30.4. The summed E-state index contributed by atoms with van der Waals surface area (Å²) in [6, 6.07) is 10.8. The van der Waals surface area contributed by atoms with Gasteiger partial charge in [0.05, 0.1) is 18.1 Å². The third-order valence-corrected chi connectivity index (χ3v) is 8.88. The minimum atomic E-state index is -3.43. The second-order valence-corrected chi connectivity index (χ2v) is 11.6. The topological polar surface area (TPSA) is 110 Å². The number of nitrogens with zero attached hydrogens (tertiary/aromatic N) is 2. The number of carbonyl (C=O) groups excluding carboxylic acids is 3. The highest BCUT2D eigenvalue weighted by Gasteiger charge is 2.64. The molecule has 222 valence electrons. The van der Waals surface area contributed by atoms with E-state index >= 15 is 8.78 Å². The number of alkyl halides is 2. The van der Waals surface area contributed by atoms with Crippen LogP contribution in [0.5, 0.6) is 5.75 Å². The highest BCUT2D eigenvalue weighted by Crippen LogP contribution is 2.54. The first-order valence-corrected chi connectivity index (χ1v) is 14.1. The Morgan fingerprint density at radius 1 is 1.12 bits per heavy atom. The first-order valence-electron chi connectivity index (χ1n) is 14.1. The van der Waals surface area contributed by atoms with Crippen LogP contribution in [0, 0.1) is 12.8 Å². The molecule has 1 aliphatic heterocycles. The van der Waals surface area contributed by atoms with Gasteiger partial charge in [-0.2, -0.15) is 0 Å². The summed E-state index contributed by atoms with van der Waals surface area (Å²) in [6.45, 7) is 7.11. The maximum Gasteiger partial charge on any atom is 0.284 e. The molecule has 0 radical (unpaired) electrons. The van der Waals surface area contributed by atoms with Crippen molar-refractivity contribution < 1.29 is 33.4 Å². The molecule has 0 spiro atoms. The minimum absolute atomic E-state index is 0.0188. The summed E-state index contributed by atoms with van der Waals surface area (Å²) in [7, 11) is 0. The number of halogens is 2. The number of hydrogen-bond acceptors (Lipinski definition) is 5. The van der Waals surface area contributed by atoms with Crippen molar-refractivity contribution in [1.29, 1.82) is 0 Å². The average Bonchev–Trinajstić information content (AvgIpc) is 3.69. The Bertz CT molecular complexity index is 1310. The highest BCUT2D eigenvalue weighted by atomic mass is 19.3. The molecule has 2 aliphatic rings. The van der Waals surface area contributed by atoms with Crippen molar-refractivity contribution in [2.45, 2.75) is 83.0 Å². The van der Waals surface area contributed by atoms with E-state index < -0.39 is 59.8 Å². The van der Waals surface area contributed by atoms with Crippen molar-refractivity contribution in [1.82, 2.24) is 15.1 Å². The summed E-state index contributed by atoms with van der Waals surface area (Å²) in [4.78, 5) is 42.6. The molecular weight excluding hydrogens is 532 g/mol. The van der Waals surface area contributed by atoms with E-state index in [0.717, 1.165) is 15.4 Å². The van der Waals surface area contributed by atoms with Gasteiger partial charge in [0, 0.05) is 23.6 Å². The molecule has 0 bridgehead atoms. The second-order valence-electron chi connectivity index (χ2n) is 11.6. The van der Waals surface area contributed by atoms with Crippen molar-refractivity contribution in [3.63, 3.8) is 0 Å². The Kier molecular flexibility index (Phi) is 8.45. The molecule has 10 heteroatoms. The van der Waals surface area contributed by atoms with Gasteiger partial charge in [-0.05, 0) is 50.8 Å². The first-order chi connectivity index (χ1) is 19.2. The number of benzene rings is 2. The highest BCUT2D eigenvalue weighted by molar-refractivity contribution is 5.98. The number of hydrogen-bond donors (Lipinski definition) is 3. The van der Waals surface area contributed by atoms with Crippen LogP contribution in [0.4, 0.5) is 8.78 Å². The second kappa shape index (κ2) is 11.4. The summed E-state index contributed by atoms with van der Waals surface area (Å²) >= 11 is 0. The maximum absolute atomic E-state index is 15.5. The standard InChI is InChI=1S/C31H39F2N3O5/c1-6-18(2)16-35-21(5)31(32,33)17-36(20(4)28(35)40)29(41)26(38)30(15-24(30)22-11-8-7-9-12-22)34-27(39)23-13-10-14-25(37)19(23)3/h7-14,18,20-21,24,26,37-38H,6,15-17H2,1-5H3,(H,34,39)/t18-,20-,21?,24?,26?,30+/m0/s1. The monoisotopic (exact) mass is 571 g/mol. The zero-order chi connectivity index (χ0) is 30.3. The van der Waals surface area contributed by atoms with E-state index in [0.29, 0.717) is 12.0 Å². The van der Waals surface area contributed by atoms with Gasteiger partial charge >= 0.3 is 0 Å². The van der Waals surface area contributed by atoms with Gasteiger partial charge in [0.2, 0.25) is 5.91 Å². The summed E-state index contributed by atoms with van der Waals surface area (Å²) < 4.78 is 31.0. The van der Waals surface area contributed by atoms with E-state index in [2.05, 4.69) is 5.32 Å². The smallest absolute Gasteiger partial charge is 0.284 e. The van der Waals surface area contributed by atoms with E-state index in [-0.39, 0.29) is 30.2 Å². The largest absolute Gasteiger partial charge is 0.508 e. The molecule has 3 N–H and O–H groups in total. The van der Waals surface area contributed by atoms with Gasteiger partial charge in [0.15, 0.2) is 6.10 Å². The summed E-state index contributed by atoms with van der Waals surface area (Å²) in [5.74, 6) is -6.30. The molecule has 8 nitrogen and oxygen atoms in total. The number of aliphatic hydroxyl groups excluding tert-OH is 1. The molecule has 6 atom stereocenters. The number of carbonyl (C=O) groups is 3. The lowest BCUT2D eigenvalue weighted by Crippen LogP contribution is -2.58. The quantitative estimate of drug-likeness (QED) is 0.446. The molecule has 3 unspecified atom stereocenters. The fourth-order valence-corrected chi connectivity index (χ4v) is 5.68. The lowest BCUT2D eigenvalue weighted by molar-refractivity contribution is -0.151. The van der Waals surface area contributed by atoms with Crippen LogP contribution >= 0.6 is 0 Å². The number of rotatable bonds is 8. The van der Waals surface area contributed by atoms with Gasteiger partial charge in [-0.15, -0.1) is 0 Å². The normalized spacial score (nSPS) is 27.1. The van der Waals surface area contributed by atoms with E-state index in [9.17, 15) is 24.6 Å². The van der Waals surface area contributed by atoms with Gasteiger partial charge in [-0.25, -0.2) is 8.78 Å². The molecule has 1 saturated heterocycles. The van der Waals surface area contributed by atoms with Crippen molar-refractivity contribution in [2.75, 3.05) is 13.1 Å². The fraction of sp³-hybridized carbons (Fsp3) is 0.516. The van der Waals surface area contributed by atoms with E-state index in [4.69, 9.17) is 0 Å². The Balaban J connectivity index is 1.68. The SMILES string of the molecule is CC[C@H](C)CN1C(=O)[C@H](C)N(C(=O)C(O)[C@@]2(NC(=O)c3cccc(O)c3C)CC2c2ccccc2)CC(F)(F)C1C. The third kappa shape index (κ3) is 5.66. The molecule has 1 heterocycles. The van der Waals surface area contributed by atoms with Crippen molar-refractivity contribution in [3.8, 4) is 5.75 Å². The zero-order valence-corrected chi connectivity index (χ0v) is 24.1. The van der Waals surface area contributed by atoms with Crippen LogP contribution in [0.3, 0.4) is 0 Å². The van der Waals surface area contributed by atoms with Gasteiger partial charge in [-0.3, -0.25) is 14.4 Å². The molecule has 2 aromatic rings. The summed E-state index contributed by atoms with van der Waals surface area (Å²) in [6.07, 6.45) is -1.03. The number of aliphatic hydroxyl groups is 1. The van der Waals surface area contributed by atoms with Crippen LogP contribution in [-0.4, -0.2) is 80.5 Å². The lowest BCUT2D eigenvalue weighted by atomic mass is 9.98. The van der Waals surface area contributed by atoms with Gasteiger partial charge < -0.3 is 25.3 Å². The minimum Gasteiger partial charge on any atom is -0.508 e. The van der Waals surface area contributed by atoms with Crippen LogP contribution in [0.2, 0.25) is 0 Å². The number of phenols is 1. The molecule has 2 fully saturated rings. The Morgan fingerprint density at radius 2 is 1.78 bits per heavy atom. The Hall–Kier alpha value is -3.53. The molecule has 1 saturated carbocycles. The van der Waals surface area contributed by atoms with Crippen molar-refractivity contribution in [2.24, 2.45) is 5.92 Å². The Labute approximate surface area is 239 Å². The van der Waals surface area contributed by atoms with Crippen LogP contribution in [0.25, 0.3) is 0 Å². The van der Waals surface area contributed by atoms with E-state index in [1.807, 2.05) is 19.9 Å². The molecular formula is C31H39F2N3O5. The van der Waals surface area contributed by atoms with Gasteiger partial charge in [-0.1, -0.05) is 56.7 Å². The number of phenolic OH excluding ortho intramolecular Hbond substituents is 1. The molecule has 1 aliphatic carbocycles. The van der Waals surface area contributed by atoms with Crippen LogP contribution in [-0.2, 0) is 9.59 Å². The summed E-state index contributed by atoms with van der Waals surface area (Å²) in [5, 5.41) is 24.5. The fourth-order valence-electron chi connectivity index (χ4n) is 5.68. The van der Waals surface area contributed by atoms with Gasteiger partial charge in [0.1, 0.15) is 11.8 Å². The number of aromatic hydroxyl groups is 1. The lowest BCUT2D eigenvalue weighted by Gasteiger charge is -2.33.